The summed E-state index contributed by atoms with van der Waals surface area (Å²) < 4.78 is 10.3. The lowest BCUT2D eigenvalue weighted by Crippen LogP contribution is -2.12. The number of amides is 1. The normalized spacial score (nSPS) is 10.1. The zero-order valence-electron chi connectivity index (χ0n) is 17.6. The van der Waals surface area contributed by atoms with E-state index in [1.165, 1.54) is 7.11 Å². The van der Waals surface area contributed by atoms with Gasteiger partial charge in [0.25, 0.3) is 5.91 Å². The van der Waals surface area contributed by atoms with E-state index in [2.05, 4.69) is 17.2 Å². The molecule has 0 fully saturated rings. The van der Waals surface area contributed by atoms with Crippen LogP contribution in [0.3, 0.4) is 0 Å². The average Bonchev–Trinajstić information content (AvgIpc) is 2.77. The molecule has 0 heterocycles. The Balaban J connectivity index is 1.70. The van der Waals surface area contributed by atoms with E-state index in [1.807, 2.05) is 32.0 Å². The largest absolute Gasteiger partial charge is 0.491 e. The van der Waals surface area contributed by atoms with E-state index in [0.29, 0.717) is 22.4 Å². The molecule has 1 N–H and O–H groups in total. The van der Waals surface area contributed by atoms with Crippen LogP contribution in [0.4, 0.5) is 5.69 Å². The molecule has 0 saturated carbocycles. The van der Waals surface area contributed by atoms with E-state index in [-0.39, 0.29) is 12.0 Å². The molecule has 0 bridgehead atoms. The molecule has 156 valence electrons. The molecule has 1 amide bonds. The third-order valence-electron chi connectivity index (χ3n) is 4.24. The van der Waals surface area contributed by atoms with E-state index >= 15 is 0 Å². The van der Waals surface area contributed by atoms with Crippen molar-refractivity contribution in [3.8, 4) is 17.6 Å². The SMILES string of the molecule is COC(=O)c1cccc(C#Cc2cccc(NC(=O)c3ccc(OC(C)C)cc3)c2)c1. The summed E-state index contributed by atoms with van der Waals surface area (Å²) in [5, 5.41) is 2.88. The number of hydrogen-bond acceptors (Lipinski definition) is 4. The molecule has 3 rings (SSSR count). The molecule has 0 aliphatic rings. The summed E-state index contributed by atoms with van der Waals surface area (Å²) in [6.07, 6.45) is 0.0754. The number of ether oxygens (including phenoxy) is 2. The van der Waals surface area contributed by atoms with Gasteiger partial charge in [0.05, 0.1) is 18.8 Å². The topological polar surface area (TPSA) is 64.6 Å². The standard InChI is InChI=1S/C26H23NO4/c1-18(2)31-24-14-12-21(13-15-24)25(28)27-23-9-5-7-20(17-23)11-10-19-6-4-8-22(16-19)26(29)30-3/h4-9,12-18H,1-3H3,(H,27,28). The lowest BCUT2D eigenvalue weighted by molar-refractivity contribution is 0.0600. The van der Waals surface area contributed by atoms with Crippen molar-refractivity contribution in [1.29, 1.82) is 0 Å². The van der Waals surface area contributed by atoms with Crippen LogP contribution in [0.2, 0.25) is 0 Å². The molecule has 0 aliphatic heterocycles. The van der Waals surface area contributed by atoms with Crippen molar-refractivity contribution in [1.82, 2.24) is 0 Å². The maximum absolute atomic E-state index is 12.5. The summed E-state index contributed by atoms with van der Waals surface area (Å²) in [5.74, 6) is 6.19. The molecule has 3 aromatic rings. The zero-order chi connectivity index (χ0) is 22.2. The Labute approximate surface area is 182 Å². The van der Waals surface area contributed by atoms with Crippen LogP contribution >= 0.6 is 0 Å². The van der Waals surface area contributed by atoms with E-state index in [9.17, 15) is 9.59 Å². The Bertz CT molecular complexity index is 1140. The Hall–Kier alpha value is -4.04. The van der Waals surface area contributed by atoms with Gasteiger partial charge in [-0.1, -0.05) is 24.0 Å². The quantitative estimate of drug-likeness (QED) is 0.477. The molecule has 0 saturated heterocycles. The third-order valence-corrected chi connectivity index (χ3v) is 4.24. The summed E-state index contributed by atoms with van der Waals surface area (Å²) in [6, 6.07) is 21.2. The second-order valence-corrected chi connectivity index (χ2v) is 7.05. The van der Waals surface area contributed by atoms with Crippen LogP contribution in [-0.2, 0) is 4.74 Å². The van der Waals surface area contributed by atoms with Crippen molar-refractivity contribution >= 4 is 17.6 Å². The fourth-order valence-electron chi connectivity index (χ4n) is 2.82. The highest BCUT2D eigenvalue weighted by atomic mass is 16.5. The maximum Gasteiger partial charge on any atom is 0.337 e. The van der Waals surface area contributed by atoms with Gasteiger partial charge in [-0.3, -0.25) is 4.79 Å². The molecule has 5 nitrogen and oxygen atoms in total. The molecule has 5 heteroatoms. The van der Waals surface area contributed by atoms with E-state index in [4.69, 9.17) is 9.47 Å². The van der Waals surface area contributed by atoms with E-state index in [0.717, 1.165) is 11.3 Å². The lowest BCUT2D eigenvalue weighted by atomic mass is 10.1. The van der Waals surface area contributed by atoms with Crippen LogP contribution in [-0.4, -0.2) is 25.1 Å². The van der Waals surface area contributed by atoms with Gasteiger partial charge < -0.3 is 14.8 Å². The predicted molar refractivity (Wildman–Crippen MR) is 120 cm³/mol. The summed E-state index contributed by atoms with van der Waals surface area (Å²) in [7, 11) is 1.34. The Morgan fingerprint density at radius 2 is 1.48 bits per heavy atom. The minimum atomic E-state index is -0.405. The van der Waals surface area contributed by atoms with Crippen molar-refractivity contribution < 1.29 is 19.1 Å². The van der Waals surface area contributed by atoms with Gasteiger partial charge in [-0.05, 0) is 74.5 Å². The summed E-state index contributed by atoms with van der Waals surface area (Å²) in [4.78, 5) is 24.2. The molecule has 0 unspecified atom stereocenters. The van der Waals surface area contributed by atoms with Gasteiger partial charge in [0, 0.05) is 22.4 Å². The summed E-state index contributed by atoms with van der Waals surface area (Å²) >= 11 is 0. The molecule has 0 aromatic heterocycles. The van der Waals surface area contributed by atoms with Crippen LogP contribution in [0.25, 0.3) is 0 Å². The smallest absolute Gasteiger partial charge is 0.337 e. The minimum absolute atomic E-state index is 0.0754. The van der Waals surface area contributed by atoms with Gasteiger partial charge in [-0.25, -0.2) is 4.79 Å². The van der Waals surface area contributed by atoms with Gasteiger partial charge in [0.15, 0.2) is 0 Å². The highest BCUT2D eigenvalue weighted by Gasteiger charge is 2.07. The van der Waals surface area contributed by atoms with Crippen LogP contribution in [0.15, 0.2) is 72.8 Å². The van der Waals surface area contributed by atoms with Crippen LogP contribution in [0.1, 0.15) is 45.7 Å². The third kappa shape index (κ3) is 6.22. The van der Waals surface area contributed by atoms with Crippen LogP contribution in [0, 0.1) is 11.8 Å². The van der Waals surface area contributed by atoms with Crippen molar-refractivity contribution in [2.24, 2.45) is 0 Å². The number of anilines is 1. The number of carbonyl (C=O) groups is 2. The van der Waals surface area contributed by atoms with E-state index < -0.39 is 5.97 Å². The first kappa shape index (κ1) is 21.7. The first-order valence-corrected chi connectivity index (χ1v) is 9.83. The minimum Gasteiger partial charge on any atom is -0.491 e. The average molecular weight is 413 g/mol. The molecular weight excluding hydrogens is 390 g/mol. The second kappa shape index (κ2) is 10.1. The summed E-state index contributed by atoms with van der Waals surface area (Å²) in [6.45, 7) is 3.90. The Morgan fingerprint density at radius 3 is 2.13 bits per heavy atom. The highest BCUT2D eigenvalue weighted by Crippen LogP contribution is 2.16. The van der Waals surface area contributed by atoms with Crippen LogP contribution in [0.5, 0.6) is 5.75 Å². The van der Waals surface area contributed by atoms with Crippen molar-refractivity contribution in [3.63, 3.8) is 0 Å². The van der Waals surface area contributed by atoms with Crippen molar-refractivity contribution in [2.75, 3.05) is 12.4 Å². The molecule has 0 atom stereocenters. The second-order valence-electron chi connectivity index (χ2n) is 7.05. The predicted octanol–water partition coefficient (Wildman–Crippen LogP) is 4.91. The maximum atomic E-state index is 12.5. The van der Waals surface area contributed by atoms with Crippen molar-refractivity contribution in [2.45, 2.75) is 20.0 Å². The van der Waals surface area contributed by atoms with Crippen molar-refractivity contribution in [3.05, 3.63) is 95.1 Å². The first-order valence-electron chi connectivity index (χ1n) is 9.83. The van der Waals surface area contributed by atoms with Crippen LogP contribution < -0.4 is 10.1 Å². The number of methoxy groups -OCH3 is 1. The number of benzene rings is 3. The fourth-order valence-corrected chi connectivity index (χ4v) is 2.82. The van der Waals surface area contributed by atoms with Gasteiger partial charge in [0.2, 0.25) is 0 Å². The van der Waals surface area contributed by atoms with Gasteiger partial charge >= 0.3 is 5.97 Å². The zero-order valence-corrected chi connectivity index (χ0v) is 17.6. The van der Waals surface area contributed by atoms with Gasteiger partial charge in [0.1, 0.15) is 5.75 Å². The number of carbonyl (C=O) groups excluding carboxylic acids is 2. The molecular formula is C26H23NO4. The fraction of sp³-hybridized carbons (Fsp3) is 0.154. The molecule has 0 spiro atoms. The van der Waals surface area contributed by atoms with Gasteiger partial charge in [-0.2, -0.15) is 0 Å². The molecule has 0 aliphatic carbocycles. The number of hydrogen-bond donors (Lipinski definition) is 1. The lowest BCUT2D eigenvalue weighted by Gasteiger charge is -2.10. The monoisotopic (exact) mass is 413 g/mol. The number of rotatable bonds is 5. The molecule has 0 radical (unpaired) electrons. The Kier molecular flexibility index (Phi) is 7.08. The Morgan fingerprint density at radius 1 is 0.839 bits per heavy atom. The molecule has 31 heavy (non-hydrogen) atoms. The summed E-state index contributed by atoms with van der Waals surface area (Å²) in [5.41, 5.74) is 3.05. The van der Waals surface area contributed by atoms with E-state index in [1.54, 1.807) is 54.6 Å². The number of esters is 1. The number of nitrogens with one attached hydrogen (secondary N) is 1. The van der Waals surface area contributed by atoms with Gasteiger partial charge in [-0.15, -0.1) is 0 Å². The highest BCUT2D eigenvalue weighted by molar-refractivity contribution is 6.04. The molecule has 3 aromatic carbocycles. The first-order chi connectivity index (χ1) is 14.9.